The van der Waals surface area contributed by atoms with Gasteiger partial charge in [-0.15, -0.1) is 0 Å². The summed E-state index contributed by atoms with van der Waals surface area (Å²) in [7, 11) is 3.21. The van der Waals surface area contributed by atoms with Gasteiger partial charge in [0.1, 0.15) is 29.3 Å². The Morgan fingerprint density at radius 3 is 1.69 bits per heavy atom. The number of hydrogen-bond donors (Lipinski definition) is 1. The largest absolute Gasteiger partial charge is 0.497 e. The number of carbonyl (C=O) groups excluding carboxylic acids is 1. The maximum absolute atomic E-state index is 12.1. The predicted octanol–water partition coefficient (Wildman–Crippen LogP) is 5.53. The zero-order chi connectivity index (χ0) is 32.6. The number of nitrogens with zero attached hydrogens (tertiary/aromatic N) is 1. The van der Waals surface area contributed by atoms with Gasteiger partial charge < -0.3 is 33.7 Å². The highest BCUT2D eigenvalue weighted by Gasteiger charge is 2.61. The highest BCUT2D eigenvalue weighted by Crippen LogP contribution is 2.49. The number of esters is 1. The molecular formula is C36H45NO8. The number of benzene rings is 3. The molecule has 0 aromatic heterocycles. The SMILES string of the molecule is CCN(CC)CC.COc1ccc(C(OC2C3CC(C(=O)O)C(O3)C2OC(C)=O)(c2ccccc2)c2ccc(OC)cc2)cc1. The summed E-state index contributed by atoms with van der Waals surface area (Å²) < 4.78 is 29.7. The number of carbonyl (C=O) groups is 2. The summed E-state index contributed by atoms with van der Waals surface area (Å²) in [5, 5.41) is 9.75. The fraction of sp³-hybridized carbons (Fsp3) is 0.444. The molecule has 0 spiro atoms. The maximum Gasteiger partial charge on any atom is 0.309 e. The van der Waals surface area contributed by atoms with E-state index < -0.39 is 47.9 Å². The van der Waals surface area contributed by atoms with E-state index in [-0.39, 0.29) is 6.42 Å². The highest BCUT2D eigenvalue weighted by molar-refractivity contribution is 5.72. The van der Waals surface area contributed by atoms with Crippen molar-refractivity contribution in [3.63, 3.8) is 0 Å². The van der Waals surface area contributed by atoms with Crippen LogP contribution in [0.1, 0.15) is 50.8 Å². The van der Waals surface area contributed by atoms with Crippen LogP contribution in [0.2, 0.25) is 0 Å². The lowest BCUT2D eigenvalue weighted by molar-refractivity contribution is -0.169. The molecule has 0 aliphatic carbocycles. The predicted molar refractivity (Wildman–Crippen MR) is 171 cm³/mol. The summed E-state index contributed by atoms with van der Waals surface area (Å²) in [5.41, 5.74) is 1.31. The molecule has 5 atom stereocenters. The summed E-state index contributed by atoms with van der Waals surface area (Å²) in [6.45, 7) is 11.4. The van der Waals surface area contributed by atoms with Crippen molar-refractivity contribution in [1.82, 2.24) is 4.90 Å². The van der Waals surface area contributed by atoms with Crippen LogP contribution in [0.3, 0.4) is 0 Å². The van der Waals surface area contributed by atoms with Crippen LogP contribution in [-0.2, 0) is 29.4 Å². The van der Waals surface area contributed by atoms with Gasteiger partial charge in [0.25, 0.3) is 0 Å². The number of methoxy groups -OCH3 is 2. The van der Waals surface area contributed by atoms with Crippen LogP contribution in [0.5, 0.6) is 11.5 Å². The van der Waals surface area contributed by atoms with E-state index in [0.717, 1.165) is 16.7 Å². The highest BCUT2D eigenvalue weighted by atomic mass is 16.6. The van der Waals surface area contributed by atoms with E-state index in [0.29, 0.717) is 11.5 Å². The number of fused-ring (bicyclic) bond motifs is 2. The van der Waals surface area contributed by atoms with E-state index in [1.54, 1.807) is 14.2 Å². The van der Waals surface area contributed by atoms with E-state index >= 15 is 0 Å². The molecule has 5 unspecified atom stereocenters. The Balaban J connectivity index is 0.000000591. The summed E-state index contributed by atoms with van der Waals surface area (Å²) in [5.74, 6) is -0.903. The lowest BCUT2D eigenvalue weighted by Gasteiger charge is -2.41. The third kappa shape index (κ3) is 7.32. The number of rotatable bonds is 12. The Kier molecular flexibility index (Phi) is 11.6. The molecule has 2 aliphatic rings. The van der Waals surface area contributed by atoms with Crippen LogP contribution in [0.25, 0.3) is 0 Å². The van der Waals surface area contributed by atoms with Gasteiger partial charge >= 0.3 is 11.9 Å². The third-order valence-corrected chi connectivity index (χ3v) is 8.68. The summed E-state index contributed by atoms with van der Waals surface area (Å²) in [6.07, 6.45) is -2.70. The van der Waals surface area contributed by atoms with Crippen molar-refractivity contribution in [2.24, 2.45) is 5.92 Å². The van der Waals surface area contributed by atoms with Crippen LogP contribution in [-0.4, -0.2) is 80.2 Å². The Bertz CT molecular complexity index is 1320. The molecule has 2 heterocycles. The molecule has 9 nitrogen and oxygen atoms in total. The van der Waals surface area contributed by atoms with Gasteiger partial charge in [0, 0.05) is 6.92 Å². The van der Waals surface area contributed by atoms with Crippen molar-refractivity contribution in [2.75, 3.05) is 33.9 Å². The van der Waals surface area contributed by atoms with Crippen molar-refractivity contribution >= 4 is 11.9 Å². The number of hydrogen-bond acceptors (Lipinski definition) is 8. The van der Waals surface area contributed by atoms with Crippen molar-refractivity contribution in [2.45, 2.75) is 64.1 Å². The Morgan fingerprint density at radius 1 is 0.800 bits per heavy atom. The average Bonchev–Trinajstić information content (AvgIpc) is 3.64. The minimum atomic E-state index is -1.16. The first kappa shape index (κ1) is 34.0. The fourth-order valence-corrected chi connectivity index (χ4v) is 6.27. The second kappa shape index (κ2) is 15.4. The van der Waals surface area contributed by atoms with Gasteiger partial charge in [-0.25, -0.2) is 0 Å². The molecule has 1 N–H and O–H groups in total. The maximum atomic E-state index is 12.1. The van der Waals surface area contributed by atoms with Gasteiger partial charge in [-0.3, -0.25) is 9.59 Å². The molecule has 3 aromatic carbocycles. The lowest BCUT2D eigenvalue weighted by atomic mass is 9.78. The van der Waals surface area contributed by atoms with Crippen LogP contribution in [0.15, 0.2) is 78.9 Å². The topological polar surface area (TPSA) is 104 Å². The molecule has 2 bridgehead atoms. The second-order valence-electron chi connectivity index (χ2n) is 11.1. The van der Waals surface area contributed by atoms with E-state index in [2.05, 4.69) is 25.7 Å². The van der Waals surface area contributed by atoms with Gasteiger partial charge in [-0.1, -0.05) is 75.4 Å². The number of ether oxygens (including phenoxy) is 5. The smallest absolute Gasteiger partial charge is 0.309 e. The van der Waals surface area contributed by atoms with Crippen molar-refractivity contribution in [3.8, 4) is 11.5 Å². The van der Waals surface area contributed by atoms with Crippen LogP contribution < -0.4 is 9.47 Å². The molecule has 0 amide bonds. The molecule has 45 heavy (non-hydrogen) atoms. The van der Waals surface area contributed by atoms with Gasteiger partial charge in [0.2, 0.25) is 0 Å². The molecular weight excluding hydrogens is 574 g/mol. The first-order chi connectivity index (χ1) is 21.7. The van der Waals surface area contributed by atoms with Crippen LogP contribution >= 0.6 is 0 Å². The molecule has 2 saturated heterocycles. The first-order valence-electron chi connectivity index (χ1n) is 15.5. The number of carboxylic acids is 1. The normalized spacial score (nSPS) is 22.0. The minimum Gasteiger partial charge on any atom is -0.497 e. The summed E-state index contributed by atoms with van der Waals surface area (Å²) in [6, 6.07) is 24.9. The van der Waals surface area contributed by atoms with E-state index in [1.807, 2.05) is 78.9 Å². The Morgan fingerprint density at radius 2 is 1.29 bits per heavy atom. The molecule has 0 saturated carbocycles. The molecule has 9 heteroatoms. The second-order valence-corrected chi connectivity index (χ2v) is 11.1. The van der Waals surface area contributed by atoms with E-state index in [4.69, 9.17) is 23.7 Å². The van der Waals surface area contributed by atoms with Crippen molar-refractivity contribution < 1.29 is 38.4 Å². The monoisotopic (exact) mass is 619 g/mol. The van der Waals surface area contributed by atoms with Crippen molar-refractivity contribution in [1.29, 1.82) is 0 Å². The Hall–Kier alpha value is -3.92. The molecule has 2 fully saturated rings. The molecule has 0 radical (unpaired) electrons. The van der Waals surface area contributed by atoms with E-state index in [1.165, 1.54) is 26.6 Å². The summed E-state index contributed by atoms with van der Waals surface area (Å²) >= 11 is 0. The molecule has 5 rings (SSSR count). The first-order valence-corrected chi connectivity index (χ1v) is 15.5. The quantitative estimate of drug-likeness (QED) is 0.207. The molecule has 3 aromatic rings. The van der Waals surface area contributed by atoms with Crippen molar-refractivity contribution in [3.05, 3.63) is 95.6 Å². The van der Waals surface area contributed by atoms with Crippen LogP contribution in [0.4, 0.5) is 0 Å². The van der Waals surface area contributed by atoms with Gasteiger partial charge in [0.05, 0.1) is 26.2 Å². The third-order valence-electron chi connectivity index (χ3n) is 8.68. The minimum absolute atomic E-state index is 0.262. The zero-order valence-electron chi connectivity index (χ0n) is 27.0. The van der Waals surface area contributed by atoms with E-state index in [9.17, 15) is 14.7 Å². The lowest BCUT2D eigenvalue weighted by Crippen LogP contribution is -2.51. The fourth-order valence-electron chi connectivity index (χ4n) is 6.27. The summed E-state index contributed by atoms with van der Waals surface area (Å²) in [4.78, 5) is 26.4. The molecule has 2 aliphatic heterocycles. The number of carboxylic acid groups (broad SMARTS) is 1. The van der Waals surface area contributed by atoms with Gasteiger partial charge in [-0.05, 0) is 67.0 Å². The number of aliphatic carboxylic acids is 1. The van der Waals surface area contributed by atoms with Gasteiger partial charge in [0.15, 0.2) is 6.10 Å². The zero-order valence-corrected chi connectivity index (χ0v) is 27.0. The molecule has 242 valence electrons. The Labute approximate surface area is 266 Å². The standard InChI is InChI=1S/C30H30O8.C6H15N/c1-18(31)36-28-26-24(29(32)33)17-25(37-26)27(28)38-30(19-7-5-4-6-8-19,20-9-13-22(34-2)14-10-20)21-11-15-23(35-3)16-12-21;1-4-7(5-2)6-3/h4-16,24-28H,17H2,1-3H3,(H,32,33);4-6H2,1-3H3. The van der Waals surface area contributed by atoms with Crippen LogP contribution in [0, 0.1) is 5.92 Å². The average molecular weight is 620 g/mol. The van der Waals surface area contributed by atoms with Gasteiger partial charge in [-0.2, -0.15) is 0 Å².